The lowest BCUT2D eigenvalue weighted by Crippen LogP contribution is -2.37. The third-order valence-electron chi connectivity index (χ3n) is 4.38. The van der Waals surface area contributed by atoms with Crippen LogP contribution in [-0.4, -0.2) is 23.1 Å². The van der Waals surface area contributed by atoms with Crippen molar-refractivity contribution in [2.75, 3.05) is 18.0 Å². The van der Waals surface area contributed by atoms with Gasteiger partial charge in [0.2, 0.25) is 0 Å². The van der Waals surface area contributed by atoms with Crippen molar-refractivity contribution in [2.24, 2.45) is 0 Å². The molecule has 0 spiro atoms. The summed E-state index contributed by atoms with van der Waals surface area (Å²) in [5.41, 5.74) is 4.71. The molecule has 0 bridgehead atoms. The molecule has 0 saturated carbocycles. The molecule has 2 aliphatic rings. The van der Waals surface area contributed by atoms with Crippen molar-refractivity contribution in [3.8, 4) is 0 Å². The molecule has 21 heavy (non-hydrogen) atoms. The molecule has 1 aromatic carbocycles. The summed E-state index contributed by atoms with van der Waals surface area (Å²) in [7, 11) is 0. The van der Waals surface area contributed by atoms with Gasteiger partial charge in [0.1, 0.15) is 5.82 Å². The first-order chi connectivity index (χ1) is 10.3. The first-order valence-corrected chi connectivity index (χ1v) is 7.46. The van der Waals surface area contributed by atoms with Crippen LogP contribution in [0, 0.1) is 0 Å². The summed E-state index contributed by atoms with van der Waals surface area (Å²) >= 11 is 0. The second kappa shape index (κ2) is 5.00. The average Bonchev–Trinajstić information content (AvgIpc) is 2.53. The van der Waals surface area contributed by atoms with Gasteiger partial charge in [0.05, 0.1) is 0 Å². The smallest absolute Gasteiger partial charge is 0.347 e. The zero-order valence-corrected chi connectivity index (χ0v) is 11.9. The summed E-state index contributed by atoms with van der Waals surface area (Å²) in [6.07, 6.45) is 1.87. The maximum atomic E-state index is 11.8. The molecule has 2 aliphatic heterocycles. The maximum absolute atomic E-state index is 11.8. The highest BCUT2D eigenvalue weighted by Crippen LogP contribution is 2.27. The number of benzene rings is 1. The van der Waals surface area contributed by atoms with E-state index in [1.165, 1.54) is 11.1 Å². The molecule has 5 heteroatoms. The summed E-state index contributed by atoms with van der Waals surface area (Å²) in [5, 5.41) is 3.37. The van der Waals surface area contributed by atoms with E-state index < -0.39 is 0 Å². The van der Waals surface area contributed by atoms with Gasteiger partial charge >= 0.3 is 5.69 Å². The molecule has 0 amide bonds. The number of nitrogens with one attached hydrogen (secondary N) is 2. The van der Waals surface area contributed by atoms with E-state index in [2.05, 4.69) is 44.5 Å². The Morgan fingerprint density at radius 2 is 2.00 bits per heavy atom. The lowest BCUT2D eigenvalue weighted by atomic mass is 9.99. The quantitative estimate of drug-likeness (QED) is 0.818. The second-order valence-corrected chi connectivity index (χ2v) is 5.69. The molecule has 0 atom stereocenters. The van der Waals surface area contributed by atoms with E-state index in [9.17, 15) is 4.79 Å². The summed E-state index contributed by atoms with van der Waals surface area (Å²) in [6.45, 7) is 3.45. The van der Waals surface area contributed by atoms with E-state index in [-0.39, 0.29) is 5.69 Å². The molecular weight excluding hydrogens is 264 g/mol. The second-order valence-electron chi connectivity index (χ2n) is 5.69. The number of rotatable bonds is 1. The SMILES string of the molecule is O=c1nc(N2CCc3ccccc3C2)c2c([nH]1)CCNC2. The van der Waals surface area contributed by atoms with Gasteiger partial charge in [0.15, 0.2) is 0 Å². The number of aromatic nitrogens is 2. The molecular formula is C16H18N4O. The normalized spacial score (nSPS) is 17.2. The van der Waals surface area contributed by atoms with Gasteiger partial charge in [-0.05, 0) is 17.5 Å². The summed E-state index contributed by atoms with van der Waals surface area (Å²) in [6, 6.07) is 8.52. The van der Waals surface area contributed by atoms with Crippen LogP contribution in [0.3, 0.4) is 0 Å². The zero-order valence-electron chi connectivity index (χ0n) is 11.9. The Kier molecular flexibility index (Phi) is 3.00. The molecule has 0 radical (unpaired) electrons. The maximum Gasteiger partial charge on any atom is 0.347 e. The predicted molar refractivity (Wildman–Crippen MR) is 81.5 cm³/mol. The van der Waals surface area contributed by atoms with Crippen LogP contribution in [-0.2, 0) is 25.9 Å². The molecule has 5 nitrogen and oxygen atoms in total. The molecule has 2 N–H and O–H groups in total. The highest BCUT2D eigenvalue weighted by atomic mass is 16.1. The molecule has 4 rings (SSSR count). The predicted octanol–water partition coefficient (Wildman–Crippen LogP) is 0.978. The van der Waals surface area contributed by atoms with Crippen molar-refractivity contribution in [3.05, 3.63) is 57.1 Å². The van der Waals surface area contributed by atoms with Gasteiger partial charge in [-0.15, -0.1) is 0 Å². The molecule has 1 aromatic heterocycles. The van der Waals surface area contributed by atoms with Crippen molar-refractivity contribution in [1.82, 2.24) is 15.3 Å². The van der Waals surface area contributed by atoms with Crippen molar-refractivity contribution < 1.29 is 0 Å². The minimum absolute atomic E-state index is 0.232. The van der Waals surface area contributed by atoms with Crippen LogP contribution in [0.5, 0.6) is 0 Å². The number of aromatic amines is 1. The highest BCUT2D eigenvalue weighted by molar-refractivity contribution is 5.51. The zero-order chi connectivity index (χ0) is 14.2. The van der Waals surface area contributed by atoms with Gasteiger partial charge in [-0.25, -0.2) is 4.79 Å². The van der Waals surface area contributed by atoms with E-state index >= 15 is 0 Å². The molecule has 0 fully saturated rings. The van der Waals surface area contributed by atoms with Gasteiger partial charge in [0.25, 0.3) is 0 Å². The number of hydrogen-bond donors (Lipinski definition) is 2. The van der Waals surface area contributed by atoms with Crippen molar-refractivity contribution in [2.45, 2.75) is 25.9 Å². The fraction of sp³-hybridized carbons (Fsp3) is 0.375. The van der Waals surface area contributed by atoms with Crippen LogP contribution in [0.1, 0.15) is 22.4 Å². The van der Waals surface area contributed by atoms with Gasteiger partial charge in [0, 0.05) is 43.9 Å². The van der Waals surface area contributed by atoms with Crippen molar-refractivity contribution in [1.29, 1.82) is 0 Å². The number of anilines is 1. The third kappa shape index (κ3) is 2.23. The van der Waals surface area contributed by atoms with Crippen molar-refractivity contribution in [3.63, 3.8) is 0 Å². The number of nitrogens with zero attached hydrogens (tertiary/aromatic N) is 2. The fourth-order valence-corrected chi connectivity index (χ4v) is 3.30. The van der Waals surface area contributed by atoms with Gasteiger partial charge < -0.3 is 15.2 Å². The molecule has 108 valence electrons. The fourth-order valence-electron chi connectivity index (χ4n) is 3.30. The van der Waals surface area contributed by atoms with Crippen molar-refractivity contribution >= 4 is 5.82 Å². The Labute approximate surface area is 123 Å². The summed E-state index contributed by atoms with van der Waals surface area (Å²) in [5.74, 6) is 0.857. The topological polar surface area (TPSA) is 61.0 Å². The van der Waals surface area contributed by atoms with Crippen LogP contribution in [0.25, 0.3) is 0 Å². The molecule has 0 unspecified atom stereocenters. The van der Waals surface area contributed by atoms with Crippen LogP contribution in [0.15, 0.2) is 29.1 Å². The lowest BCUT2D eigenvalue weighted by Gasteiger charge is -2.32. The largest absolute Gasteiger partial charge is 0.351 e. The number of H-pyrrole nitrogens is 1. The standard InChI is InChI=1S/C16H18N4O/c21-16-18-14-5-7-17-9-13(14)15(19-16)20-8-6-11-3-1-2-4-12(11)10-20/h1-4,17H,5-10H2,(H,18,19,21). The minimum Gasteiger partial charge on any atom is -0.351 e. The average molecular weight is 282 g/mol. The molecule has 2 aromatic rings. The van der Waals surface area contributed by atoms with Crippen LogP contribution < -0.4 is 15.9 Å². The number of hydrogen-bond acceptors (Lipinski definition) is 4. The van der Waals surface area contributed by atoms with E-state index in [0.29, 0.717) is 0 Å². The summed E-state index contributed by atoms with van der Waals surface area (Å²) in [4.78, 5) is 21.2. The van der Waals surface area contributed by atoms with Crippen LogP contribution >= 0.6 is 0 Å². The van der Waals surface area contributed by atoms with Crippen LogP contribution in [0.4, 0.5) is 5.82 Å². The molecule has 3 heterocycles. The first kappa shape index (κ1) is 12.6. The molecule has 0 saturated heterocycles. The Hall–Kier alpha value is -2.14. The van der Waals surface area contributed by atoms with Gasteiger partial charge in [-0.2, -0.15) is 4.98 Å². The Morgan fingerprint density at radius 3 is 2.90 bits per heavy atom. The van der Waals surface area contributed by atoms with E-state index in [0.717, 1.165) is 56.1 Å². The Balaban J connectivity index is 1.75. The molecule has 0 aliphatic carbocycles. The van der Waals surface area contributed by atoms with E-state index in [1.54, 1.807) is 0 Å². The monoisotopic (exact) mass is 282 g/mol. The Morgan fingerprint density at radius 1 is 1.14 bits per heavy atom. The third-order valence-corrected chi connectivity index (χ3v) is 4.38. The minimum atomic E-state index is -0.232. The first-order valence-electron chi connectivity index (χ1n) is 7.46. The Bertz CT molecular complexity index is 737. The van der Waals surface area contributed by atoms with E-state index in [1.807, 2.05) is 0 Å². The highest BCUT2D eigenvalue weighted by Gasteiger charge is 2.23. The van der Waals surface area contributed by atoms with Gasteiger partial charge in [-0.3, -0.25) is 0 Å². The summed E-state index contributed by atoms with van der Waals surface area (Å²) < 4.78 is 0. The van der Waals surface area contributed by atoms with E-state index in [4.69, 9.17) is 0 Å². The number of fused-ring (bicyclic) bond motifs is 2. The van der Waals surface area contributed by atoms with Gasteiger partial charge in [-0.1, -0.05) is 24.3 Å². The lowest BCUT2D eigenvalue weighted by molar-refractivity contribution is 0.612. The van der Waals surface area contributed by atoms with Crippen LogP contribution in [0.2, 0.25) is 0 Å².